The highest BCUT2D eigenvalue weighted by Gasteiger charge is 2.07. The average Bonchev–Trinajstić information content (AvgIpc) is 3.15. The van der Waals surface area contributed by atoms with Gasteiger partial charge in [-0.15, -0.1) is 0 Å². The first-order valence-electron chi connectivity index (χ1n) is 7.20. The minimum absolute atomic E-state index is 0.646. The Hall–Kier alpha value is -2.61. The minimum Gasteiger partial charge on any atom is -0.346 e. The fourth-order valence-corrected chi connectivity index (χ4v) is 2.49. The number of aromatic nitrogens is 4. The van der Waals surface area contributed by atoms with Gasteiger partial charge >= 0.3 is 0 Å². The summed E-state index contributed by atoms with van der Waals surface area (Å²) in [5.41, 5.74) is 3.16. The number of aromatic amines is 1. The standard InChI is InChI=1S/C16H17N5/c17-7-3-1-2-4-10-21-12-13(11-20-21)14-5-8-18-16-15(14)6-9-19-16/h5-6,8-9,11-12H,1-4,10H2,(H,18,19). The lowest BCUT2D eigenvalue weighted by molar-refractivity contribution is 0.547. The summed E-state index contributed by atoms with van der Waals surface area (Å²) in [5, 5.41) is 14.0. The number of H-pyrrole nitrogens is 1. The second-order valence-electron chi connectivity index (χ2n) is 5.06. The maximum Gasteiger partial charge on any atom is 0.137 e. The van der Waals surface area contributed by atoms with Crippen molar-refractivity contribution in [2.45, 2.75) is 32.2 Å². The van der Waals surface area contributed by atoms with Crippen molar-refractivity contribution < 1.29 is 0 Å². The highest BCUT2D eigenvalue weighted by molar-refractivity contribution is 5.92. The number of pyridine rings is 1. The predicted molar refractivity (Wildman–Crippen MR) is 81.4 cm³/mol. The quantitative estimate of drug-likeness (QED) is 0.702. The number of unbranched alkanes of at least 4 members (excludes halogenated alkanes) is 3. The number of nitrogens with zero attached hydrogens (tertiary/aromatic N) is 4. The number of hydrogen-bond donors (Lipinski definition) is 1. The average molecular weight is 279 g/mol. The minimum atomic E-state index is 0.646. The van der Waals surface area contributed by atoms with Crippen LogP contribution in [0.25, 0.3) is 22.2 Å². The van der Waals surface area contributed by atoms with Gasteiger partial charge in [0.05, 0.1) is 12.3 Å². The molecule has 1 N–H and O–H groups in total. The smallest absolute Gasteiger partial charge is 0.137 e. The molecule has 0 amide bonds. The molecule has 0 saturated carbocycles. The van der Waals surface area contributed by atoms with E-state index < -0.39 is 0 Å². The summed E-state index contributed by atoms with van der Waals surface area (Å²) in [6, 6.07) is 6.23. The molecule has 0 saturated heterocycles. The van der Waals surface area contributed by atoms with Crippen molar-refractivity contribution >= 4 is 11.0 Å². The predicted octanol–water partition coefficient (Wildman–Crippen LogP) is 3.51. The van der Waals surface area contributed by atoms with Crippen LogP contribution in [0, 0.1) is 11.3 Å². The van der Waals surface area contributed by atoms with Gasteiger partial charge in [0.2, 0.25) is 0 Å². The van der Waals surface area contributed by atoms with Crippen molar-refractivity contribution in [1.82, 2.24) is 19.7 Å². The number of nitriles is 1. The molecule has 3 rings (SSSR count). The number of aryl methyl sites for hydroxylation is 1. The molecule has 3 heterocycles. The van der Waals surface area contributed by atoms with Crippen LogP contribution in [0.4, 0.5) is 0 Å². The third-order valence-corrected chi connectivity index (χ3v) is 3.58. The van der Waals surface area contributed by atoms with E-state index in [-0.39, 0.29) is 0 Å². The van der Waals surface area contributed by atoms with Crippen LogP contribution in [0.2, 0.25) is 0 Å². The molecule has 0 aliphatic heterocycles. The van der Waals surface area contributed by atoms with Crippen LogP contribution in [0.3, 0.4) is 0 Å². The summed E-state index contributed by atoms with van der Waals surface area (Å²) in [6.45, 7) is 0.896. The Labute approximate surface area is 123 Å². The molecule has 5 nitrogen and oxygen atoms in total. The van der Waals surface area contributed by atoms with Crippen molar-refractivity contribution in [3.8, 4) is 17.2 Å². The van der Waals surface area contributed by atoms with Crippen molar-refractivity contribution in [2.24, 2.45) is 0 Å². The highest BCUT2D eigenvalue weighted by Crippen LogP contribution is 2.26. The Morgan fingerprint density at radius 3 is 3.10 bits per heavy atom. The van der Waals surface area contributed by atoms with Crippen LogP contribution >= 0.6 is 0 Å². The molecule has 0 aromatic carbocycles. The Balaban J connectivity index is 1.70. The molecule has 0 bridgehead atoms. The van der Waals surface area contributed by atoms with Crippen LogP contribution in [0.15, 0.2) is 36.9 Å². The highest BCUT2D eigenvalue weighted by atomic mass is 15.3. The zero-order chi connectivity index (χ0) is 14.5. The SMILES string of the molecule is N#CCCCCCn1cc(-c2ccnc3[nH]ccc23)cn1. The van der Waals surface area contributed by atoms with Gasteiger partial charge in [-0.2, -0.15) is 10.4 Å². The largest absolute Gasteiger partial charge is 0.346 e. The van der Waals surface area contributed by atoms with Crippen molar-refractivity contribution in [3.05, 3.63) is 36.9 Å². The molecule has 0 aliphatic rings. The summed E-state index contributed by atoms with van der Waals surface area (Å²) >= 11 is 0. The van der Waals surface area contributed by atoms with Crippen LogP contribution in [-0.2, 0) is 6.54 Å². The maximum absolute atomic E-state index is 8.51. The topological polar surface area (TPSA) is 70.3 Å². The first-order chi connectivity index (χ1) is 10.4. The van der Waals surface area contributed by atoms with E-state index in [2.05, 4.69) is 27.3 Å². The molecule has 0 unspecified atom stereocenters. The van der Waals surface area contributed by atoms with Gasteiger partial charge in [0.15, 0.2) is 0 Å². The fourth-order valence-electron chi connectivity index (χ4n) is 2.49. The molecular formula is C16H17N5. The third-order valence-electron chi connectivity index (χ3n) is 3.58. The van der Waals surface area contributed by atoms with Gasteiger partial charge in [-0.05, 0) is 30.5 Å². The molecule has 106 valence electrons. The van der Waals surface area contributed by atoms with E-state index in [4.69, 9.17) is 5.26 Å². The van der Waals surface area contributed by atoms with Crippen LogP contribution in [0.1, 0.15) is 25.7 Å². The summed E-state index contributed by atoms with van der Waals surface area (Å²) < 4.78 is 1.97. The van der Waals surface area contributed by atoms with E-state index in [1.54, 1.807) is 0 Å². The fraction of sp³-hybridized carbons (Fsp3) is 0.312. The molecular weight excluding hydrogens is 262 g/mol. The van der Waals surface area contributed by atoms with E-state index >= 15 is 0 Å². The van der Waals surface area contributed by atoms with E-state index in [0.29, 0.717) is 6.42 Å². The van der Waals surface area contributed by atoms with E-state index in [1.165, 1.54) is 0 Å². The summed E-state index contributed by atoms with van der Waals surface area (Å²) in [7, 11) is 0. The molecule has 0 radical (unpaired) electrons. The normalized spacial score (nSPS) is 10.8. The van der Waals surface area contributed by atoms with E-state index in [0.717, 1.165) is 48.0 Å². The number of nitrogens with one attached hydrogen (secondary N) is 1. The van der Waals surface area contributed by atoms with E-state index in [1.807, 2.05) is 35.4 Å². The zero-order valence-corrected chi connectivity index (χ0v) is 11.8. The van der Waals surface area contributed by atoms with Gasteiger partial charge in [0.25, 0.3) is 0 Å². The van der Waals surface area contributed by atoms with Gasteiger partial charge in [-0.3, -0.25) is 4.68 Å². The maximum atomic E-state index is 8.51. The third kappa shape index (κ3) is 2.95. The Morgan fingerprint density at radius 2 is 2.19 bits per heavy atom. The second-order valence-corrected chi connectivity index (χ2v) is 5.06. The van der Waals surface area contributed by atoms with Gasteiger partial charge < -0.3 is 4.98 Å². The molecule has 0 fully saturated rings. The number of hydrogen-bond acceptors (Lipinski definition) is 3. The summed E-state index contributed by atoms with van der Waals surface area (Å²) in [5.74, 6) is 0. The van der Waals surface area contributed by atoms with Crippen LogP contribution in [-0.4, -0.2) is 19.7 Å². The zero-order valence-electron chi connectivity index (χ0n) is 11.8. The van der Waals surface area contributed by atoms with Gasteiger partial charge in [0.1, 0.15) is 5.65 Å². The lowest BCUT2D eigenvalue weighted by atomic mass is 10.1. The lowest BCUT2D eigenvalue weighted by Crippen LogP contribution is -1.97. The first-order valence-corrected chi connectivity index (χ1v) is 7.20. The van der Waals surface area contributed by atoms with Crippen molar-refractivity contribution in [1.29, 1.82) is 5.26 Å². The molecule has 0 spiro atoms. The molecule has 3 aromatic rings. The monoisotopic (exact) mass is 279 g/mol. The molecule has 5 heteroatoms. The molecule has 0 atom stereocenters. The Kier molecular flexibility index (Phi) is 3.97. The summed E-state index contributed by atoms with van der Waals surface area (Å²) in [6.07, 6.45) is 11.4. The summed E-state index contributed by atoms with van der Waals surface area (Å²) in [4.78, 5) is 7.43. The van der Waals surface area contributed by atoms with Gasteiger partial charge in [-0.1, -0.05) is 6.42 Å². The molecule has 0 aliphatic carbocycles. The molecule has 21 heavy (non-hydrogen) atoms. The lowest BCUT2D eigenvalue weighted by Gasteiger charge is -2.01. The molecule has 3 aromatic heterocycles. The van der Waals surface area contributed by atoms with Gasteiger partial charge in [0, 0.05) is 42.5 Å². The van der Waals surface area contributed by atoms with E-state index in [9.17, 15) is 0 Å². The van der Waals surface area contributed by atoms with Crippen molar-refractivity contribution in [2.75, 3.05) is 0 Å². The van der Waals surface area contributed by atoms with Crippen LogP contribution in [0.5, 0.6) is 0 Å². The number of fused-ring (bicyclic) bond motifs is 1. The van der Waals surface area contributed by atoms with Crippen LogP contribution < -0.4 is 0 Å². The first kappa shape index (κ1) is 13.4. The van der Waals surface area contributed by atoms with Gasteiger partial charge in [-0.25, -0.2) is 4.98 Å². The Morgan fingerprint density at radius 1 is 1.24 bits per heavy atom. The van der Waals surface area contributed by atoms with Crippen molar-refractivity contribution in [3.63, 3.8) is 0 Å². The number of rotatable bonds is 6. The second kappa shape index (κ2) is 6.23. The Bertz CT molecular complexity index is 762.